The number of rotatable bonds is 5. The van der Waals surface area contributed by atoms with Gasteiger partial charge in [-0.25, -0.2) is 8.42 Å². The number of nitrogens with one attached hydrogen (secondary N) is 1. The molecule has 0 heterocycles. The van der Waals surface area contributed by atoms with Gasteiger partial charge in [0.2, 0.25) is 5.91 Å². The van der Waals surface area contributed by atoms with E-state index in [1.807, 2.05) is 13.8 Å². The second kappa shape index (κ2) is 6.06. The van der Waals surface area contributed by atoms with Crippen molar-refractivity contribution in [3.8, 4) is 0 Å². The van der Waals surface area contributed by atoms with Gasteiger partial charge in [0.15, 0.2) is 9.84 Å². The molecule has 0 spiro atoms. The number of sulfone groups is 1. The number of amides is 1. The van der Waals surface area contributed by atoms with Gasteiger partial charge in [-0.2, -0.15) is 0 Å². The van der Waals surface area contributed by atoms with Crippen LogP contribution in [0.25, 0.3) is 0 Å². The molecule has 5 nitrogen and oxygen atoms in total. The number of carbonyl (C=O) groups is 1. The minimum absolute atomic E-state index is 0.00831. The predicted octanol–water partition coefficient (Wildman–Crippen LogP) is 1.27. The first-order valence-electron chi connectivity index (χ1n) is 6.10. The fourth-order valence-corrected chi connectivity index (χ4v) is 2.90. The summed E-state index contributed by atoms with van der Waals surface area (Å²) in [6.07, 6.45) is -0.0378. The Morgan fingerprint density at radius 1 is 1.37 bits per heavy atom. The second-order valence-electron chi connectivity index (χ2n) is 4.81. The molecule has 0 aromatic heterocycles. The van der Waals surface area contributed by atoms with E-state index < -0.39 is 9.84 Å². The van der Waals surface area contributed by atoms with Crippen LogP contribution in [-0.2, 0) is 14.6 Å². The summed E-state index contributed by atoms with van der Waals surface area (Å²) >= 11 is 0. The first-order chi connectivity index (χ1) is 8.72. The molecule has 106 valence electrons. The van der Waals surface area contributed by atoms with Crippen molar-refractivity contribution in [2.45, 2.75) is 38.1 Å². The number of nitrogen functional groups attached to an aromatic ring is 1. The van der Waals surface area contributed by atoms with Crippen LogP contribution in [0.15, 0.2) is 23.1 Å². The predicted molar refractivity (Wildman–Crippen MR) is 75.5 cm³/mol. The lowest BCUT2D eigenvalue weighted by Crippen LogP contribution is -2.31. The van der Waals surface area contributed by atoms with Crippen LogP contribution in [0.4, 0.5) is 5.69 Å². The molecule has 1 aromatic carbocycles. The lowest BCUT2D eigenvalue weighted by Gasteiger charge is -2.09. The summed E-state index contributed by atoms with van der Waals surface area (Å²) in [6, 6.07) is 4.58. The van der Waals surface area contributed by atoms with E-state index >= 15 is 0 Å². The highest BCUT2D eigenvalue weighted by atomic mass is 32.2. The highest BCUT2D eigenvalue weighted by Gasteiger charge is 2.17. The molecule has 1 aromatic rings. The standard InChI is InChI=1S/C13H20N2O3S/c1-9(2)15-13(16)6-7-19(17,18)11-4-5-12(14)10(3)8-11/h4-5,8-9H,6-7,14H2,1-3H3,(H,15,16). The normalized spacial score (nSPS) is 11.6. The average molecular weight is 284 g/mol. The molecule has 0 atom stereocenters. The summed E-state index contributed by atoms with van der Waals surface area (Å²) in [5, 5.41) is 2.66. The Morgan fingerprint density at radius 2 is 2.00 bits per heavy atom. The van der Waals surface area contributed by atoms with Crippen LogP contribution in [-0.4, -0.2) is 26.1 Å². The van der Waals surface area contributed by atoms with Crippen molar-refractivity contribution < 1.29 is 13.2 Å². The summed E-state index contributed by atoms with van der Waals surface area (Å²) in [7, 11) is -3.45. The van der Waals surface area contributed by atoms with Crippen molar-refractivity contribution in [2.24, 2.45) is 0 Å². The Labute approximate surface area is 114 Å². The summed E-state index contributed by atoms with van der Waals surface area (Å²) in [5.74, 6) is -0.458. The van der Waals surface area contributed by atoms with Crippen molar-refractivity contribution in [2.75, 3.05) is 11.5 Å². The molecule has 0 radical (unpaired) electrons. The molecule has 0 unspecified atom stereocenters. The molecule has 19 heavy (non-hydrogen) atoms. The number of hydrogen-bond acceptors (Lipinski definition) is 4. The Morgan fingerprint density at radius 3 is 2.53 bits per heavy atom. The second-order valence-corrected chi connectivity index (χ2v) is 6.92. The van der Waals surface area contributed by atoms with Gasteiger partial charge in [-0.05, 0) is 44.5 Å². The number of aryl methyl sites for hydroxylation is 1. The van der Waals surface area contributed by atoms with E-state index in [9.17, 15) is 13.2 Å². The van der Waals surface area contributed by atoms with E-state index in [-0.39, 0.29) is 29.0 Å². The molecular formula is C13H20N2O3S. The zero-order valence-electron chi connectivity index (χ0n) is 11.4. The van der Waals surface area contributed by atoms with Gasteiger partial charge in [-0.1, -0.05) is 0 Å². The fraction of sp³-hybridized carbons (Fsp3) is 0.462. The first-order valence-corrected chi connectivity index (χ1v) is 7.76. The van der Waals surface area contributed by atoms with Crippen molar-refractivity contribution in [3.63, 3.8) is 0 Å². The van der Waals surface area contributed by atoms with Crippen molar-refractivity contribution in [3.05, 3.63) is 23.8 Å². The molecule has 0 bridgehead atoms. The summed E-state index contributed by atoms with van der Waals surface area (Å²) in [5.41, 5.74) is 6.92. The monoisotopic (exact) mass is 284 g/mol. The third-order valence-electron chi connectivity index (χ3n) is 2.65. The smallest absolute Gasteiger partial charge is 0.221 e. The molecular weight excluding hydrogens is 264 g/mol. The van der Waals surface area contributed by atoms with E-state index in [4.69, 9.17) is 5.73 Å². The van der Waals surface area contributed by atoms with Gasteiger partial charge in [0, 0.05) is 18.2 Å². The zero-order valence-corrected chi connectivity index (χ0v) is 12.3. The highest BCUT2D eigenvalue weighted by Crippen LogP contribution is 2.18. The molecule has 0 saturated carbocycles. The zero-order chi connectivity index (χ0) is 14.6. The quantitative estimate of drug-likeness (QED) is 0.797. The maximum Gasteiger partial charge on any atom is 0.221 e. The maximum atomic E-state index is 12.1. The van der Waals surface area contributed by atoms with E-state index in [1.165, 1.54) is 12.1 Å². The third-order valence-corrected chi connectivity index (χ3v) is 4.36. The van der Waals surface area contributed by atoms with Crippen LogP contribution in [0, 0.1) is 6.92 Å². The van der Waals surface area contributed by atoms with Crippen LogP contribution >= 0.6 is 0 Å². The van der Waals surface area contributed by atoms with Gasteiger partial charge in [-0.3, -0.25) is 4.79 Å². The Hall–Kier alpha value is -1.56. The molecule has 1 amide bonds. The van der Waals surface area contributed by atoms with Crippen molar-refractivity contribution in [1.82, 2.24) is 5.32 Å². The van der Waals surface area contributed by atoms with Crippen LogP contribution in [0.5, 0.6) is 0 Å². The first kappa shape index (κ1) is 15.5. The molecule has 6 heteroatoms. The van der Waals surface area contributed by atoms with E-state index in [0.717, 1.165) is 0 Å². The van der Waals surface area contributed by atoms with E-state index in [2.05, 4.69) is 5.32 Å². The largest absolute Gasteiger partial charge is 0.399 e. The topological polar surface area (TPSA) is 89.3 Å². The maximum absolute atomic E-state index is 12.1. The lowest BCUT2D eigenvalue weighted by atomic mass is 10.2. The SMILES string of the molecule is Cc1cc(S(=O)(=O)CCC(=O)NC(C)C)ccc1N. The summed E-state index contributed by atoms with van der Waals surface area (Å²) in [4.78, 5) is 11.7. The fourth-order valence-electron chi connectivity index (χ4n) is 1.58. The number of carbonyl (C=O) groups excluding carboxylic acids is 1. The molecule has 0 fully saturated rings. The average Bonchev–Trinajstić information content (AvgIpc) is 2.29. The van der Waals surface area contributed by atoms with Gasteiger partial charge in [-0.15, -0.1) is 0 Å². The molecule has 1 rings (SSSR count). The van der Waals surface area contributed by atoms with Crippen LogP contribution < -0.4 is 11.1 Å². The number of benzene rings is 1. The van der Waals surface area contributed by atoms with Crippen LogP contribution in [0.3, 0.4) is 0 Å². The summed E-state index contributed by atoms with van der Waals surface area (Å²) < 4.78 is 24.1. The lowest BCUT2D eigenvalue weighted by molar-refractivity contribution is -0.121. The van der Waals surface area contributed by atoms with Gasteiger partial charge in [0.25, 0.3) is 0 Å². The van der Waals surface area contributed by atoms with Crippen molar-refractivity contribution >= 4 is 21.4 Å². The Bertz CT molecular complexity index is 565. The van der Waals surface area contributed by atoms with Gasteiger partial charge in [0.1, 0.15) is 0 Å². The van der Waals surface area contributed by atoms with E-state index in [1.54, 1.807) is 13.0 Å². The highest BCUT2D eigenvalue weighted by molar-refractivity contribution is 7.91. The number of hydrogen-bond donors (Lipinski definition) is 2. The Kier molecular flexibility index (Phi) is 4.94. The minimum Gasteiger partial charge on any atom is -0.399 e. The third kappa shape index (κ3) is 4.55. The summed E-state index contributed by atoms with van der Waals surface area (Å²) in [6.45, 7) is 5.41. The minimum atomic E-state index is -3.45. The molecule has 0 aliphatic carbocycles. The molecule has 3 N–H and O–H groups in total. The van der Waals surface area contributed by atoms with Gasteiger partial charge < -0.3 is 11.1 Å². The van der Waals surface area contributed by atoms with E-state index in [0.29, 0.717) is 11.3 Å². The Balaban J connectivity index is 2.76. The van der Waals surface area contributed by atoms with Crippen LogP contribution in [0.1, 0.15) is 25.8 Å². The molecule has 0 aliphatic rings. The van der Waals surface area contributed by atoms with Gasteiger partial charge in [0.05, 0.1) is 10.6 Å². The van der Waals surface area contributed by atoms with Crippen molar-refractivity contribution in [1.29, 1.82) is 0 Å². The van der Waals surface area contributed by atoms with Crippen LogP contribution in [0.2, 0.25) is 0 Å². The number of nitrogens with two attached hydrogens (primary N) is 1. The van der Waals surface area contributed by atoms with Gasteiger partial charge >= 0.3 is 0 Å². The molecule has 0 saturated heterocycles. The number of anilines is 1. The molecule has 0 aliphatic heterocycles.